The van der Waals surface area contributed by atoms with Gasteiger partial charge in [0.25, 0.3) is 0 Å². The molecule has 80 valence electrons. The highest BCUT2D eigenvalue weighted by Gasteiger charge is 2.49. The van der Waals surface area contributed by atoms with Crippen molar-refractivity contribution < 1.29 is 14.6 Å². The first-order valence-electron chi connectivity index (χ1n) is 5.16. The minimum Gasteiger partial charge on any atom is -0.481 e. The number of ether oxygens (including phenoxy) is 1. The lowest BCUT2D eigenvalue weighted by molar-refractivity contribution is -0.145. The SMILES string of the molecule is CC1(C2CCOC2)CNCC1C(=O)O. The highest BCUT2D eigenvalue weighted by molar-refractivity contribution is 5.72. The maximum Gasteiger partial charge on any atom is 0.308 e. The van der Waals surface area contributed by atoms with Crippen molar-refractivity contribution >= 4 is 5.97 Å². The first-order valence-corrected chi connectivity index (χ1v) is 5.16. The van der Waals surface area contributed by atoms with Crippen molar-refractivity contribution in [2.75, 3.05) is 26.3 Å². The summed E-state index contributed by atoms with van der Waals surface area (Å²) in [5.41, 5.74) is -0.123. The normalized spacial score (nSPS) is 42.9. The molecule has 0 saturated carbocycles. The van der Waals surface area contributed by atoms with Crippen molar-refractivity contribution in [1.82, 2.24) is 5.32 Å². The van der Waals surface area contributed by atoms with Crippen LogP contribution in [-0.4, -0.2) is 37.4 Å². The molecule has 0 bridgehead atoms. The van der Waals surface area contributed by atoms with Crippen LogP contribution in [0.5, 0.6) is 0 Å². The van der Waals surface area contributed by atoms with E-state index in [0.717, 1.165) is 26.2 Å². The van der Waals surface area contributed by atoms with Gasteiger partial charge in [-0.15, -0.1) is 0 Å². The van der Waals surface area contributed by atoms with E-state index in [1.807, 2.05) is 0 Å². The van der Waals surface area contributed by atoms with Gasteiger partial charge in [0.2, 0.25) is 0 Å². The third kappa shape index (κ3) is 1.42. The van der Waals surface area contributed by atoms with Gasteiger partial charge >= 0.3 is 5.97 Å². The van der Waals surface area contributed by atoms with Gasteiger partial charge in [0.15, 0.2) is 0 Å². The Morgan fingerprint density at radius 3 is 3.00 bits per heavy atom. The predicted molar refractivity (Wildman–Crippen MR) is 51.0 cm³/mol. The molecule has 0 aromatic heterocycles. The Balaban J connectivity index is 2.15. The second-order valence-electron chi connectivity index (χ2n) is 4.59. The summed E-state index contributed by atoms with van der Waals surface area (Å²) in [5.74, 6) is -0.530. The average molecular weight is 199 g/mol. The predicted octanol–water partition coefficient (Wildman–Crippen LogP) is 0.333. The molecule has 2 N–H and O–H groups in total. The lowest BCUT2D eigenvalue weighted by atomic mass is 9.69. The van der Waals surface area contributed by atoms with Crippen LogP contribution >= 0.6 is 0 Å². The van der Waals surface area contributed by atoms with Gasteiger partial charge in [-0.1, -0.05) is 6.92 Å². The molecule has 0 aromatic rings. The third-order valence-electron chi connectivity index (χ3n) is 3.81. The fraction of sp³-hybridized carbons (Fsp3) is 0.900. The summed E-state index contributed by atoms with van der Waals surface area (Å²) in [6.07, 6.45) is 1.00. The van der Waals surface area contributed by atoms with Crippen LogP contribution in [0.3, 0.4) is 0 Å². The van der Waals surface area contributed by atoms with Crippen molar-refractivity contribution in [3.05, 3.63) is 0 Å². The van der Waals surface area contributed by atoms with Crippen molar-refractivity contribution in [2.24, 2.45) is 17.3 Å². The van der Waals surface area contributed by atoms with Gasteiger partial charge < -0.3 is 15.2 Å². The molecule has 2 saturated heterocycles. The van der Waals surface area contributed by atoms with E-state index < -0.39 is 5.97 Å². The summed E-state index contributed by atoms with van der Waals surface area (Å²) >= 11 is 0. The van der Waals surface area contributed by atoms with Crippen LogP contribution in [0.1, 0.15) is 13.3 Å². The van der Waals surface area contributed by atoms with Gasteiger partial charge in [0.05, 0.1) is 12.5 Å². The quantitative estimate of drug-likeness (QED) is 0.673. The molecule has 2 rings (SSSR count). The number of carboxylic acids is 1. The van der Waals surface area contributed by atoms with Gasteiger partial charge in [-0.2, -0.15) is 0 Å². The van der Waals surface area contributed by atoms with E-state index in [1.54, 1.807) is 0 Å². The fourth-order valence-electron chi connectivity index (χ4n) is 2.70. The molecule has 0 spiro atoms. The van der Waals surface area contributed by atoms with Crippen LogP contribution in [0, 0.1) is 17.3 Å². The molecule has 14 heavy (non-hydrogen) atoms. The molecule has 4 heteroatoms. The first-order chi connectivity index (χ1) is 6.64. The van der Waals surface area contributed by atoms with E-state index in [1.165, 1.54) is 0 Å². The zero-order valence-electron chi connectivity index (χ0n) is 8.45. The Bertz CT molecular complexity index is 238. The molecular weight excluding hydrogens is 182 g/mol. The van der Waals surface area contributed by atoms with Crippen molar-refractivity contribution in [3.63, 3.8) is 0 Å². The summed E-state index contributed by atoms with van der Waals surface area (Å²) in [5, 5.41) is 12.3. The van der Waals surface area contributed by atoms with Crippen LogP contribution in [0.2, 0.25) is 0 Å². The summed E-state index contributed by atoms with van der Waals surface area (Å²) in [6, 6.07) is 0. The first kappa shape index (κ1) is 9.93. The minimum absolute atomic E-state index is 0.123. The number of rotatable bonds is 2. The molecule has 0 aromatic carbocycles. The molecule has 0 amide bonds. The molecule has 3 unspecified atom stereocenters. The lowest BCUT2D eigenvalue weighted by Crippen LogP contribution is -2.39. The molecule has 2 fully saturated rings. The van der Waals surface area contributed by atoms with Gasteiger partial charge in [-0.05, 0) is 17.8 Å². The Morgan fingerprint density at radius 2 is 2.43 bits per heavy atom. The Hall–Kier alpha value is -0.610. The topological polar surface area (TPSA) is 58.6 Å². The van der Waals surface area contributed by atoms with E-state index in [9.17, 15) is 4.79 Å². The molecule has 0 radical (unpaired) electrons. The molecular formula is C10H17NO3. The van der Waals surface area contributed by atoms with Crippen molar-refractivity contribution in [2.45, 2.75) is 13.3 Å². The number of carboxylic acid groups (broad SMARTS) is 1. The Labute approximate surface area is 83.6 Å². The van der Waals surface area contributed by atoms with Gasteiger partial charge in [-0.25, -0.2) is 0 Å². The highest BCUT2D eigenvalue weighted by atomic mass is 16.5. The third-order valence-corrected chi connectivity index (χ3v) is 3.81. The van der Waals surface area contributed by atoms with E-state index in [2.05, 4.69) is 12.2 Å². The van der Waals surface area contributed by atoms with Gasteiger partial charge in [-0.3, -0.25) is 4.79 Å². The number of hydrogen-bond donors (Lipinski definition) is 2. The second-order valence-corrected chi connectivity index (χ2v) is 4.59. The summed E-state index contributed by atoms with van der Waals surface area (Å²) in [4.78, 5) is 11.1. The lowest BCUT2D eigenvalue weighted by Gasteiger charge is -2.33. The standard InChI is InChI=1S/C10H17NO3/c1-10(7-2-3-14-5-7)6-11-4-8(10)9(12)13/h7-8,11H,2-6H2,1H3,(H,12,13). The van der Waals surface area contributed by atoms with Crippen molar-refractivity contribution in [1.29, 1.82) is 0 Å². The average Bonchev–Trinajstić information content (AvgIpc) is 2.71. The number of carbonyl (C=O) groups is 1. The smallest absolute Gasteiger partial charge is 0.308 e. The molecule has 0 aliphatic carbocycles. The molecule has 2 heterocycles. The summed E-state index contributed by atoms with van der Waals surface area (Å²) < 4.78 is 5.34. The van der Waals surface area contributed by atoms with Crippen LogP contribution in [0.15, 0.2) is 0 Å². The van der Waals surface area contributed by atoms with Crippen LogP contribution in [-0.2, 0) is 9.53 Å². The minimum atomic E-state index is -0.676. The maximum atomic E-state index is 11.1. The van der Waals surface area contributed by atoms with Gasteiger partial charge in [0, 0.05) is 19.7 Å². The summed E-state index contributed by atoms with van der Waals surface area (Å²) in [6.45, 7) is 4.99. The number of aliphatic carboxylic acids is 1. The van der Waals surface area contributed by atoms with Crippen LogP contribution < -0.4 is 5.32 Å². The maximum absolute atomic E-state index is 11.1. The second kappa shape index (κ2) is 3.51. The molecule has 4 nitrogen and oxygen atoms in total. The Kier molecular flexibility index (Phi) is 2.49. The zero-order valence-corrected chi connectivity index (χ0v) is 8.45. The van der Waals surface area contributed by atoms with Gasteiger partial charge in [0.1, 0.15) is 0 Å². The molecule has 2 aliphatic heterocycles. The monoisotopic (exact) mass is 199 g/mol. The van der Waals surface area contributed by atoms with E-state index in [-0.39, 0.29) is 11.3 Å². The van der Waals surface area contributed by atoms with Crippen molar-refractivity contribution in [3.8, 4) is 0 Å². The largest absolute Gasteiger partial charge is 0.481 e. The van der Waals surface area contributed by atoms with E-state index >= 15 is 0 Å². The molecule has 3 atom stereocenters. The van der Waals surface area contributed by atoms with Crippen LogP contribution in [0.4, 0.5) is 0 Å². The highest BCUT2D eigenvalue weighted by Crippen LogP contribution is 2.42. The number of nitrogens with one attached hydrogen (secondary N) is 1. The fourth-order valence-corrected chi connectivity index (χ4v) is 2.70. The van der Waals surface area contributed by atoms with Crippen LogP contribution in [0.25, 0.3) is 0 Å². The molecule has 2 aliphatic rings. The zero-order chi connectivity index (χ0) is 10.2. The van der Waals surface area contributed by atoms with E-state index in [4.69, 9.17) is 9.84 Å². The van der Waals surface area contributed by atoms with E-state index in [0.29, 0.717) is 12.5 Å². The Morgan fingerprint density at radius 1 is 1.64 bits per heavy atom. The number of hydrogen-bond acceptors (Lipinski definition) is 3. The summed E-state index contributed by atoms with van der Waals surface area (Å²) in [7, 11) is 0.